The van der Waals surface area contributed by atoms with Crippen molar-refractivity contribution in [2.75, 3.05) is 19.6 Å². The van der Waals surface area contributed by atoms with Gasteiger partial charge in [-0.05, 0) is 25.3 Å². The highest BCUT2D eigenvalue weighted by Crippen LogP contribution is 2.19. The topological polar surface area (TPSA) is 62.6 Å². The summed E-state index contributed by atoms with van der Waals surface area (Å²) in [5.41, 5.74) is 0.553. The Labute approximate surface area is 119 Å². The van der Waals surface area contributed by atoms with Gasteiger partial charge in [-0.3, -0.25) is 9.59 Å². The lowest BCUT2D eigenvalue weighted by atomic mass is 9.96. The Morgan fingerprint density at radius 3 is 3.05 bits per heavy atom. The van der Waals surface area contributed by atoms with Gasteiger partial charge in [-0.1, -0.05) is 13.3 Å². The molecule has 1 aromatic rings. The Kier molecular flexibility index (Phi) is 5.21. The molecule has 2 rings (SSSR count). The molecule has 0 bridgehead atoms. The van der Waals surface area contributed by atoms with Crippen LogP contribution in [0.4, 0.5) is 0 Å². The van der Waals surface area contributed by atoms with E-state index >= 15 is 0 Å². The fourth-order valence-corrected chi connectivity index (χ4v) is 2.48. The molecule has 5 heteroatoms. The Balaban J connectivity index is 1.88. The molecule has 110 valence electrons. The predicted octanol–water partition coefficient (Wildman–Crippen LogP) is 2.05. The Morgan fingerprint density at radius 1 is 1.50 bits per heavy atom. The first-order valence-electron chi connectivity index (χ1n) is 7.31. The van der Waals surface area contributed by atoms with Crippen molar-refractivity contribution >= 4 is 11.8 Å². The molecule has 1 N–H and O–H groups in total. The zero-order valence-corrected chi connectivity index (χ0v) is 11.9. The standard InChI is InChI=1S/C15H22N2O3/c1-2-3-7-16-14(18)12-5-4-8-17(10-12)15(19)13-6-9-20-11-13/h6,9,11-12H,2-5,7-8,10H2,1H3,(H,16,18). The van der Waals surface area contributed by atoms with Crippen LogP contribution in [0.15, 0.2) is 23.0 Å². The number of hydrogen-bond donors (Lipinski definition) is 1. The van der Waals surface area contributed by atoms with E-state index < -0.39 is 0 Å². The lowest BCUT2D eigenvalue weighted by Gasteiger charge is -2.31. The van der Waals surface area contributed by atoms with Crippen LogP contribution >= 0.6 is 0 Å². The smallest absolute Gasteiger partial charge is 0.257 e. The number of carbonyl (C=O) groups excluding carboxylic acids is 2. The van der Waals surface area contributed by atoms with Gasteiger partial charge in [0, 0.05) is 19.6 Å². The zero-order valence-electron chi connectivity index (χ0n) is 11.9. The number of piperidine rings is 1. The second-order valence-electron chi connectivity index (χ2n) is 5.25. The van der Waals surface area contributed by atoms with Crippen molar-refractivity contribution in [3.05, 3.63) is 24.2 Å². The van der Waals surface area contributed by atoms with Crippen LogP contribution in [0.25, 0.3) is 0 Å². The lowest BCUT2D eigenvalue weighted by Crippen LogP contribution is -2.45. The average molecular weight is 278 g/mol. The first kappa shape index (κ1) is 14.6. The molecule has 1 aliphatic heterocycles. The van der Waals surface area contributed by atoms with Crippen LogP contribution in [0.5, 0.6) is 0 Å². The Hall–Kier alpha value is -1.78. The SMILES string of the molecule is CCCCNC(=O)C1CCCN(C(=O)c2ccoc2)C1. The van der Waals surface area contributed by atoms with Crippen LogP contribution in [-0.2, 0) is 4.79 Å². The van der Waals surface area contributed by atoms with Gasteiger partial charge in [0.15, 0.2) is 0 Å². The summed E-state index contributed by atoms with van der Waals surface area (Å²) in [6, 6.07) is 1.66. The molecule has 2 heterocycles. The van der Waals surface area contributed by atoms with Gasteiger partial charge in [0.2, 0.25) is 5.91 Å². The number of nitrogens with zero attached hydrogens (tertiary/aromatic N) is 1. The molecule has 5 nitrogen and oxygen atoms in total. The van der Waals surface area contributed by atoms with Crippen LogP contribution in [0.3, 0.4) is 0 Å². The van der Waals surface area contributed by atoms with Crippen LogP contribution in [0, 0.1) is 5.92 Å². The average Bonchev–Trinajstić information content (AvgIpc) is 3.01. The van der Waals surface area contributed by atoms with E-state index in [1.54, 1.807) is 11.0 Å². The molecule has 1 aromatic heterocycles. The number of hydrogen-bond acceptors (Lipinski definition) is 3. The summed E-state index contributed by atoms with van der Waals surface area (Å²) in [5.74, 6) is -0.0654. The van der Waals surface area contributed by atoms with Crippen LogP contribution in [0.2, 0.25) is 0 Å². The minimum Gasteiger partial charge on any atom is -0.472 e. The first-order valence-corrected chi connectivity index (χ1v) is 7.31. The normalized spacial score (nSPS) is 18.9. The van der Waals surface area contributed by atoms with Crippen LogP contribution < -0.4 is 5.32 Å². The summed E-state index contributed by atoms with van der Waals surface area (Å²) in [5, 5.41) is 2.95. The third kappa shape index (κ3) is 3.62. The molecule has 0 spiro atoms. The van der Waals surface area contributed by atoms with Gasteiger partial charge in [-0.15, -0.1) is 0 Å². The molecule has 1 atom stereocenters. The van der Waals surface area contributed by atoms with Gasteiger partial charge in [0.25, 0.3) is 5.91 Å². The van der Waals surface area contributed by atoms with Gasteiger partial charge < -0.3 is 14.6 Å². The molecule has 20 heavy (non-hydrogen) atoms. The van der Waals surface area contributed by atoms with E-state index in [4.69, 9.17) is 4.42 Å². The second-order valence-corrected chi connectivity index (χ2v) is 5.25. The number of furan rings is 1. The molecule has 1 fully saturated rings. The highest BCUT2D eigenvalue weighted by atomic mass is 16.3. The highest BCUT2D eigenvalue weighted by molar-refractivity contribution is 5.94. The fraction of sp³-hybridized carbons (Fsp3) is 0.600. The minimum atomic E-state index is -0.0866. The summed E-state index contributed by atoms with van der Waals surface area (Å²) < 4.78 is 4.94. The molecule has 1 saturated heterocycles. The molecule has 0 aliphatic carbocycles. The van der Waals surface area contributed by atoms with E-state index in [0.717, 1.165) is 32.2 Å². The van der Waals surface area contributed by atoms with Gasteiger partial charge >= 0.3 is 0 Å². The zero-order chi connectivity index (χ0) is 14.4. The maximum absolute atomic E-state index is 12.2. The molecule has 0 radical (unpaired) electrons. The van der Waals surface area contributed by atoms with Crippen molar-refractivity contribution in [2.24, 2.45) is 5.92 Å². The number of carbonyl (C=O) groups is 2. The summed E-state index contributed by atoms with van der Waals surface area (Å²) in [4.78, 5) is 26.0. The van der Waals surface area contributed by atoms with Gasteiger partial charge in [-0.25, -0.2) is 0 Å². The van der Waals surface area contributed by atoms with Gasteiger partial charge in [-0.2, -0.15) is 0 Å². The van der Waals surface area contributed by atoms with E-state index in [1.807, 2.05) is 0 Å². The number of nitrogens with one attached hydrogen (secondary N) is 1. The largest absolute Gasteiger partial charge is 0.472 e. The van der Waals surface area contributed by atoms with E-state index in [2.05, 4.69) is 12.2 Å². The van der Waals surface area contributed by atoms with Crippen molar-refractivity contribution in [1.29, 1.82) is 0 Å². The molecule has 1 aliphatic rings. The molecular weight excluding hydrogens is 256 g/mol. The number of rotatable bonds is 5. The quantitative estimate of drug-likeness (QED) is 0.838. The Bertz CT molecular complexity index is 442. The lowest BCUT2D eigenvalue weighted by molar-refractivity contribution is -0.126. The number of amides is 2. The van der Waals surface area contributed by atoms with Crippen molar-refractivity contribution in [1.82, 2.24) is 10.2 Å². The van der Waals surface area contributed by atoms with E-state index in [0.29, 0.717) is 18.7 Å². The minimum absolute atomic E-state index is 0.0511. The maximum atomic E-state index is 12.2. The summed E-state index contributed by atoms with van der Waals surface area (Å²) in [6.07, 6.45) is 6.73. The summed E-state index contributed by atoms with van der Waals surface area (Å²) >= 11 is 0. The van der Waals surface area contributed by atoms with E-state index in [9.17, 15) is 9.59 Å². The van der Waals surface area contributed by atoms with Gasteiger partial charge in [0.1, 0.15) is 6.26 Å². The molecule has 0 aromatic carbocycles. The molecule has 2 amide bonds. The predicted molar refractivity (Wildman–Crippen MR) is 75.3 cm³/mol. The highest BCUT2D eigenvalue weighted by Gasteiger charge is 2.28. The third-order valence-corrected chi connectivity index (χ3v) is 3.68. The molecule has 0 saturated carbocycles. The second kappa shape index (κ2) is 7.12. The summed E-state index contributed by atoms with van der Waals surface area (Å²) in [7, 11) is 0. The number of unbranched alkanes of at least 4 members (excludes halogenated alkanes) is 1. The van der Waals surface area contributed by atoms with E-state index in [-0.39, 0.29) is 17.7 Å². The van der Waals surface area contributed by atoms with Crippen molar-refractivity contribution < 1.29 is 14.0 Å². The van der Waals surface area contributed by atoms with Crippen LogP contribution in [0.1, 0.15) is 43.0 Å². The monoisotopic (exact) mass is 278 g/mol. The summed E-state index contributed by atoms with van der Waals surface area (Å²) in [6.45, 7) is 4.03. The Morgan fingerprint density at radius 2 is 2.35 bits per heavy atom. The van der Waals surface area contributed by atoms with Crippen molar-refractivity contribution in [2.45, 2.75) is 32.6 Å². The van der Waals surface area contributed by atoms with Crippen molar-refractivity contribution in [3.8, 4) is 0 Å². The maximum Gasteiger partial charge on any atom is 0.257 e. The van der Waals surface area contributed by atoms with Gasteiger partial charge in [0.05, 0.1) is 17.7 Å². The van der Waals surface area contributed by atoms with Crippen molar-refractivity contribution in [3.63, 3.8) is 0 Å². The number of likely N-dealkylation sites (tertiary alicyclic amines) is 1. The molecular formula is C15H22N2O3. The fourth-order valence-electron chi connectivity index (χ4n) is 2.48. The third-order valence-electron chi connectivity index (χ3n) is 3.68. The first-order chi connectivity index (χ1) is 9.72. The molecule has 1 unspecified atom stereocenters. The van der Waals surface area contributed by atoms with E-state index in [1.165, 1.54) is 12.5 Å². The van der Waals surface area contributed by atoms with Crippen LogP contribution in [-0.4, -0.2) is 36.3 Å².